The third-order valence-corrected chi connectivity index (χ3v) is 4.40. The van der Waals surface area contributed by atoms with Gasteiger partial charge in [0.15, 0.2) is 0 Å². The van der Waals surface area contributed by atoms with Crippen LogP contribution in [0.15, 0.2) is 84.2 Å². The molecule has 0 aromatic heterocycles. The summed E-state index contributed by atoms with van der Waals surface area (Å²) >= 11 is 0. The van der Waals surface area contributed by atoms with Crippen molar-refractivity contribution in [2.75, 3.05) is 23.3 Å². The van der Waals surface area contributed by atoms with Gasteiger partial charge in [-0.3, -0.25) is 14.5 Å². The highest BCUT2D eigenvalue weighted by atomic mass is 16.2. The number of hydrogen-bond donors (Lipinski definition) is 1. The van der Waals surface area contributed by atoms with E-state index in [0.29, 0.717) is 24.5 Å². The Kier molecular flexibility index (Phi) is 5.71. The van der Waals surface area contributed by atoms with Crippen LogP contribution >= 0.6 is 0 Å². The first-order valence-electron chi connectivity index (χ1n) is 9.08. The van der Waals surface area contributed by atoms with E-state index in [2.05, 4.69) is 5.32 Å². The first kappa shape index (κ1) is 18.5. The highest BCUT2D eigenvalue weighted by Gasteiger charge is 2.30. The van der Waals surface area contributed by atoms with Crippen molar-refractivity contribution in [3.05, 3.63) is 84.2 Å². The summed E-state index contributed by atoms with van der Waals surface area (Å²) in [5.41, 5.74) is 2.54. The number of rotatable bonds is 6. The maximum Gasteiger partial charge on any atom is 0.279 e. The van der Waals surface area contributed by atoms with Gasteiger partial charge in [-0.1, -0.05) is 36.4 Å². The summed E-state index contributed by atoms with van der Waals surface area (Å²) in [5, 5.41) is 3.15. The predicted molar refractivity (Wildman–Crippen MR) is 108 cm³/mol. The minimum Gasteiger partial charge on any atom is -0.351 e. The first-order valence-corrected chi connectivity index (χ1v) is 9.08. The van der Waals surface area contributed by atoms with Crippen LogP contribution in [0.25, 0.3) is 0 Å². The van der Waals surface area contributed by atoms with E-state index in [9.17, 15) is 9.59 Å². The number of nitrogens with one attached hydrogen (secondary N) is 1. The van der Waals surface area contributed by atoms with Gasteiger partial charge in [-0.15, -0.1) is 0 Å². The minimum absolute atomic E-state index is 0.110. The maximum absolute atomic E-state index is 13.0. The van der Waals surface area contributed by atoms with Crippen LogP contribution in [0.1, 0.15) is 13.8 Å². The number of nitrogens with zero attached hydrogens (tertiary/aromatic N) is 2. The van der Waals surface area contributed by atoms with Gasteiger partial charge < -0.3 is 10.2 Å². The lowest BCUT2D eigenvalue weighted by Crippen LogP contribution is -2.31. The van der Waals surface area contributed by atoms with Gasteiger partial charge in [-0.05, 0) is 44.2 Å². The quantitative estimate of drug-likeness (QED) is 0.797. The highest BCUT2D eigenvalue weighted by Crippen LogP contribution is 2.29. The molecule has 0 radical (unpaired) electrons. The topological polar surface area (TPSA) is 52.7 Å². The Labute approximate surface area is 159 Å². The molecule has 5 heteroatoms. The van der Waals surface area contributed by atoms with Gasteiger partial charge in [0, 0.05) is 30.5 Å². The summed E-state index contributed by atoms with van der Waals surface area (Å²) in [7, 11) is 0. The number of anilines is 2. The summed E-state index contributed by atoms with van der Waals surface area (Å²) in [6, 6.07) is 18.8. The van der Waals surface area contributed by atoms with Crippen LogP contribution in [-0.2, 0) is 9.59 Å². The summed E-state index contributed by atoms with van der Waals surface area (Å²) in [4.78, 5) is 28.9. The minimum atomic E-state index is -0.191. The largest absolute Gasteiger partial charge is 0.351 e. The lowest BCUT2D eigenvalue weighted by atomic mass is 10.2. The molecule has 27 heavy (non-hydrogen) atoms. The van der Waals surface area contributed by atoms with Crippen LogP contribution in [0.2, 0.25) is 0 Å². The van der Waals surface area contributed by atoms with Gasteiger partial charge in [0.1, 0.15) is 5.70 Å². The molecule has 0 saturated carbocycles. The van der Waals surface area contributed by atoms with E-state index in [0.717, 1.165) is 11.4 Å². The molecule has 1 aliphatic rings. The molecule has 1 N–H and O–H groups in total. The Balaban J connectivity index is 1.97. The lowest BCUT2D eigenvalue weighted by Gasteiger charge is -2.21. The number of likely N-dealkylation sites (N-methyl/N-ethyl adjacent to an activating group) is 1. The number of amides is 2. The average molecular weight is 361 g/mol. The molecule has 0 atom stereocenters. The van der Waals surface area contributed by atoms with Crippen molar-refractivity contribution < 1.29 is 9.59 Å². The zero-order chi connectivity index (χ0) is 19.2. The molecule has 5 nitrogen and oxygen atoms in total. The maximum atomic E-state index is 13.0. The Morgan fingerprint density at radius 1 is 1.00 bits per heavy atom. The summed E-state index contributed by atoms with van der Waals surface area (Å²) in [6.07, 6.45) is 3.25. The van der Waals surface area contributed by atoms with E-state index >= 15 is 0 Å². The highest BCUT2D eigenvalue weighted by molar-refractivity contribution is 6.14. The molecule has 2 aromatic rings. The monoisotopic (exact) mass is 361 g/mol. The van der Waals surface area contributed by atoms with E-state index in [-0.39, 0.29) is 11.8 Å². The Morgan fingerprint density at radius 3 is 2.19 bits per heavy atom. The zero-order valence-corrected chi connectivity index (χ0v) is 15.6. The third kappa shape index (κ3) is 4.08. The van der Waals surface area contributed by atoms with Crippen molar-refractivity contribution in [3.8, 4) is 0 Å². The fourth-order valence-electron chi connectivity index (χ4n) is 2.98. The number of carbonyl (C=O) groups is 2. The molecule has 0 bridgehead atoms. The van der Waals surface area contributed by atoms with Crippen molar-refractivity contribution in [1.82, 2.24) is 4.90 Å². The molecule has 0 unspecified atom stereocenters. The molecule has 0 fully saturated rings. The van der Waals surface area contributed by atoms with E-state index in [1.54, 1.807) is 15.9 Å². The van der Waals surface area contributed by atoms with Crippen molar-refractivity contribution in [2.24, 2.45) is 0 Å². The van der Waals surface area contributed by atoms with E-state index in [4.69, 9.17) is 0 Å². The molecule has 1 heterocycles. The van der Waals surface area contributed by atoms with Gasteiger partial charge in [-0.2, -0.15) is 0 Å². The van der Waals surface area contributed by atoms with Crippen molar-refractivity contribution in [2.45, 2.75) is 13.8 Å². The smallest absolute Gasteiger partial charge is 0.279 e. The summed E-state index contributed by atoms with van der Waals surface area (Å²) in [5.74, 6) is -0.301. The van der Waals surface area contributed by atoms with Gasteiger partial charge in [0.25, 0.3) is 5.91 Å². The van der Waals surface area contributed by atoms with Crippen LogP contribution in [-0.4, -0.2) is 29.8 Å². The number of allylic oxidation sites excluding steroid dienone is 1. The fraction of sp³-hybridized carbons (Fsp3) is 0.182. The Morgan fingerprint density at radius 2 is 1.59 bits per heavy atom. The second kappa shape index (κ2) is 8.36. The van der Waals surface area contributed by atoms with Crippen molar-refractivity contribution in [1.29, 1.82) is 0 Å². The molecule has 0 saturated heterocycles. The van der Waals surface area contributed by atoms with Gasteiger partial charge in [0.05, 0.1) is 5.70 Å². The molecule has 2 aromatic carbocycles. The molecular weight excluding hydrogens is 338 g/mol. The van der Waals surface area contributed by atoms with Crippen LogP contribution in [0.4, 0.5) is 11.4 Å². The second-order valence-electron chi connectivity index (χ2n) is 6.10. The normalized spacial score (nSPS) is 15.0. The lowest BCUT2D eigenvalue weighted by molar-refractivity contribution is -0.125. The zero-order valence-electron chi connectivity index (χ0n) is 15.6. The number of benzene rings is 2. The number of carbonyl (C=O) groups excluding carboxylic acids is 2. The Hall–Kier alpha value is -3.34. The van der Waals surface area contributed by atoms with E-state index < -0.39 is 0 Å². The Bertz CT molecular complexity index is 869. The predicted octanol–water partition coefficient (Wildman–Crippen LogP) is 3.78. The van der Waals surface area contributed by atoms with E-state index in [1.807, 2.05) is 74.5 Å². The molecule has 0 aliphatic carbocycles. The van der Waals surface area contributed by atoms with Crippen LogP contribution in [0, 0.1) is 0 Å². The second-order valence-corrected chi connectivity index (χ2v) is 6.10. The summed E-state index contributed by atoms with van der Waals surface area (Å²) < 4.78 is 0. The first-order chi connectivity index (χ1) is 13.1. The molecule has 2 amide bonds. The number of hydrogen-bond acceptors (Lipinski definition) is 3. The van der Waals surface area contributed by atoms with Crippen LogP contribution < -0.4 is 10.2 Å². The fourth-order valence-corrected chi connectivity index (χ4v) is 2.98. The molecule has 0 spiro atoms. The molecule has 138 valence electrons. The summed E-state index contributed by atoms with van der Waals surface area (Å²) in [6.45, 7) is 5.12. The van der Waals surface area contributed by atoms with E-state index in [1.165, 1.54) is 6.08 Å². The van der Waals surface area contributed by atoms with Crippen LogP contribution in [0.5, 0.6) is 0 Å². The van der Waals surface area contributed by atoms with Gasteiger partial charge in [-0.25, -0.2) is 0 Å². The van der Waals surface area contributed by atoms with Crippen LogP contribution in [0.3, 0.4) is 0 Å². The van der Waals surface area contributed by atoms with Crippen molar-refractivity contribution >= 4 is 23.2 Å². The molecular formula is C22H23N3O2. The van der Waals surface area contributed by atoms with Gasteiger partial charge >= 0.3 is 0 Å². The SMILES string of the molecule is CCN(CC)C(=O)/C=C1\C=C(Nc2ccccc2)C(=O)N1c1ccccc1. The molecule has 3 rings (SSSR count). The van der Waals surface area contributed by atoms with Crippen molar-refractivity contribution in [3.63, 3.8) is 0 Å². The standard InChI is InChI=1S/C22H23N3O2/c1-3-24(4-2)21(26)16-19-15-20(23-17-11-7-5-8-12-17)22(27)25(19)18-13-9-6-10-14-18/h5-16,23H,3-4H2,1-2H3/b19-16+. The number of para-hydroxylation sites is 2. The molecule has 1 aliphatic heterocycles. The van der Waals surface area contributed by atoms with Gasteiger partial charge in [0.2, 0.25) is 5.91 Å². The third-order valence-electron chi connectivity index (χ3n) is 4.40. The average Bonchev–Trinajstić information content (AvgIpc) is 2.99.